The number of fused-ring (bicyclic) bond motifs is 1. The molecule has 0 unspecified atom stereocenters. The lowest BCUT2D eigenvalue weighted by Crippen LogP contribution is -2.50. The Morgan fingerprint density at radius 3 is 2.82 bits per heavy atom. The van der Waals surface area contributed by atoms with Gasteiger partial charge in [-0.2, -0.15) is 0 Å². The number of carbonyl (C=O) groups is 2. The summed E-state index contributed by atoms with van der Waals surface area (Å²) in [5.41, 5.74) is 1.57. The lowest BCUT2D eigenvalue weighted by atomic mass is 9.96. The van der Waals surface area contributed by atoms with Crippen molar-refractivity contribution in [2.75, 3.05) is 26.2 Å². The predicted molar refractivity (Wildman–Crippen MR) is 107 cm³/mol. The zero-order valence-electron chi connectivity index (χ0n) is 16.4. The lowest BCUT2D eigenvalue weighted by molar-refractivity contribution is -0.121. The topological polar surface area (TPSA) is 71.8 Å². The predicted octanol–water partition coefficient (Wildman–Crippen LogP) is 2.94. The molecule has 2 aliphatic heterocycles. The molecule has 0 saturated carbocycles. The molecular formula is C22H28N2O4. The molecule has 0 amide bonds. The largest absolute Gasteiger partial charge is 0.460 e. The molecule has 0 spiro atoms. The molecule has 0 aliphatic carbocycles. The number of nitrogens with zero attached hydrogens (tertiary/aromatic N) is 1. The van der Waals surface area contributed by atoms with E-state index in [1.807, 2.05) is 18.2 Å². The van der Waals surface area contributed by atoms with E-state index in [9.17, 15) is 9.59 Å². The van der Waals surface area contributed by atoms with E-state index in [0.29, 0.717) is 24.7 Å². The van der Waals surface area contributed by atoms with E-state index in [4.69, 9.17) is 9.15 Å². The molecule has 150 valence electrons. The summed E-state index contributed by atoms with van der Waals surface area (Å²) < 4.78 is 10.5. The van der Waals surface area contributed by atoms with Crippen LogP contribution >= 0.6 is 0 Å². The zero-order chi connectivity index (χ0) is 19.5. The van der Waals surface area contributed by atoms with Gasteiger partial charge in [-0.15, -0.1) is 0 Å². The number of nitrogens with one attached hydrogen (secondary N) is 1. The third-order valence-corrected chi connectivity index (χ3v) is 5.83. The highest BCUT2D eigenvalue weighted by Gasteiger charge is 2.36. The molecule has 1 N–H and O–H groups in total. The molecule has 4 rings (SSSR count). The number of Topliss-reactive ketones (excluding diaryl/α,β-unsaturated/α-hetero) is 1. The molecule has 0 bridgehead atoms. The number of rotatable bonds is 6. The van der Waals surface area contributed by atoms with Gasteiger partial charge in [0.1, 0.15) is 5.58 Å². The van der Waals surface area contributed by atoms with Crippen LogP contribution in [0.3, 0.4) is 0 Å². The zero-order valence-corrected chi connectivity index (χ0v) is 16.4. The number of piperidine rings is 1. The van der Waals surface area contributed by atoms with Crippen molar-refractivity contribution >= 4 is 22.7 Å². The third kappa shape index (κ3) is 3.98. The Morgan fingerprint density at radius 1 is 1.21 bits per heavy atom. The highest BCUT2D eigenvalue weighted by Crippen LogP contribution is 2.24. The van der Waals surface area contributed by atoms with Crippen LogP contribution in [-0.2, 0) is 16.0 Å². The van der Waals surface area contributed by atoms with E-state index in [-0.39, 0.29) is 17.6 Å². The summed E-state index contributed by atoms with van der Waals surface area (Å²) in [6.07, 6.45) is 5.19. The van der Waals surface area contributed by atoms with Gasteiger partial charge >= 0.3 is 5.97 Å². The number of ether oxygens (including phenoxy) is 1. The van der Waals surface area contributed by atoms with E-state index in [1.165, 1.54) is 19.3 Å². The molecule has 6 heteroatoms. The smallest absolute Gasteiger partial charge is 0.374 e. The van der Waals surface area contributed by atoms with Crippen LogP contribution in [0.1, 0.15) is 48.7 Å². The highest BCUT2D eigenvalue weighted by molar-refractivity contribution is 5.93. The van der Waals surface area contributed by atoms with E-state index in [2.05, 4.69) is 10.2 Å². The van der Waals surface area contributed by atoms with Gasteiger partial charge in [-0.3, -0.25) is 9.69 Å². The molecule has 2 saturated heterocycles. The Balaban J connectivity index is 1.46. The first kappa shape index (κ1) is 19.2. The fourth-order valence-corrected chi connectivity index (χ4v) is 4.48. The van der Waals surface area contributed by atoms with Crippen LogP contribution in [0.4, 0.5) is 0 Å². The molecule has 1 aromatic heterocycles. The van der Waals surface area contributed by atoms with Gasteiger partial charge in [0.2, 0.25) is 5.76 Å². The first-order valence-corrected chi connectivity index (χ1v) is 10.4. The summed E-state index contributed by atoms with van der Waals surface area (Å²) in [5, 5.41) is 4.24. The Morgan fingerprint density at radius 2 is 2.04 bits per heavy atom. The average molecular weight is 384 g/mol. The molecule has 2 aliphatic rings. The van der Waals surface area contributed by atoms with Crippen molar-refractivity contribution in [3.63, 3.8) is 0 Å². The SMILES string of the molecule is CCOC(=O)c1cc2cc(CC(=O)[C@H]3NCC[C@H]3N3CCCCC3)ccc2o1. The Kier molecular flexibility index (Phi) is 5.78. The minimum absolute atomic E-state index is 0.0896. The van der Waals surface area contributed by atoms with E-state index in [1.54, 1.807) is 13.0 Å². The first-order valence-electron chi connectivity index (χ1n) is 10.4. The van der Waals surface area contributed by atoms with Crippen LogP contribution in [0.5, 0.6) is 0 Å². The number of ketones is 1. The van der Waals surface area contributed by atoms with Gasteiger partial charge in [0.05, 0.1) is 12.6 Å². The number of furan rings is 1. The van der Waals surface area contributed by atoms with Gasteiger partial charge in [0, 0.05) is 17.8 Å². The third-order valence-electron chi connectivity index (χ3n) is 5.83. The first-order chi connectivity index (χ1) is 13.7. The number of likely N-dealkylation sites (tertiary alicyclic amines) is 1. The minimum atomic E-state index is -0.462. The van der Waals surface area contributed by atoms with E-state index >= 15 is 0 Å². The van der Waals surface area contributed by atoms with Crippen molar-refractivity contribution < 1.29 is 18.7 Å². The molecule has 0 radical (unpaired) electrons. The van der Waals surface area contributed by atoms with Crippen molar-refractivity contribution in [2.24, 2.45) is 0 Å². The monoisotopic (exact) mass is 384 g/mol. The van der Waals surface area contributed by atoms with Gasteiger partial charge in [0.25, 0.3) is 0 Å². The van der Waals surface area contributed by atoms with Crippen molar-refractivity contribution in [1.82, 2.24) is 10.2 Å². The second-order valence-electron chi connectivity index (χ2n) is 7.73. The van der Waals surface area contributed by atoms with Crippen molar-refractivity contribution in [3.8, 4) is 0 Å². The van der Waals surface area contributed by atoms with Crippen LogP contribution < -0.4 is 5.32 Å². The average Bonchev–Trinajstić information content (AvgIpc) is 3.36. The second kappa shape index (κ2) is 8.45. The molecular weight excluding hydrogens is 356 g/mol. The quantitative estimate of drug-likeness (QED) is 0.772. The van der Waals surface area contributed by atoms with Crippen LogP contribution in [0, 0.1) is 0 Å². The summed E-state index contributed by atoms with van der Waals surface area (Å²) in [5.74, 6) is -0.0275. The number of hydrogen-bond acceptors (Lipinski definition) is 6. The Labute approximate surface area is 165 Å². The van der Waals surface area contributed by atoms with Crippen LogP contribution in [-0.4, -0.2) is 55.0 Å². The number of esters is 1. The summed E-state index contributed by atoms with van der Waals surface area (Å²) in [7, 11) is 0. The Bertz CT molecular complexity index is 853. The normalized spacial score (nSPS) is 23.2. The summed E-state index contributed by atoms with van der Waals surface area (Å²) in [6.45, 7) is 5.18. The molecule has 2 fully saturated rings. The van der Waals surface area contributed by atoms with Crippen LogP contribution in [0.15, 0.2) is 28.7 Å². The van der Waals surface area contributed by atoms with Crippen molar-refractivity contribution in [3.05, 3.63) is 35.6 Å². The molecule has 1 aromatic carbocycles. The molecule has 28 heavy (non-hydrogen) atoms. The molecule has 2 aromatic rings. The summed E-state index contributed by atoms with van der Waals surface area (Å²) in [4.78, 5) is 27.4. The van der Waals surface area contributed by atoms with Gasteiger partial charge in [-0.05, 0) is 69.6 Å². The Hall–Kier alpha value is -2.18. The second-order valence-corrected chi connectivity index (χ2v) is 7.73. The molecule has 6 nitrogen and oxygen atoms in total. The fourth-order valence-electron chi connectivity index (χ4n) is 4.48. The number of benzene rings is 1. The maximum atomic E-state index is 13.0. The van der Waals surface area contributed by atoms with Gasteiger partial charge < -0.3 is 14.5 Å². The van der Waals surface area contributed by atoms with Gasteiger partial charge in [0.15, 0.2) is 5.78 Å². The van der Waals surface area contributed by atoms with E-state index in [0.717, 1.165) is 37.0 Å². The van der Waals surface area contributed by atoms with Crippen molar-refractivity contribution in [1.29, 1.82) is 0 Å². The standard InChI is InChI=1S/C22H28N2O4/c1-2-27-22(26)20-14-16-12-15(6-7-19(16)28-20)13-18(25)21-17(8-9-23-21)24-10-4-3-5-11-24/h6-7,12,14,17,21,23H,2-5,8-11,13H2,1H3/t17-,21+/m1/s1. The number of hydrogen-bond donors (Lipinski definition) is 1. The van der Waals surface area contributed by atoms with Crippen molar-refractivity contribution in [2.45, 2.75) is 51.1 Å². The van der Waals surface area contributed by atoms with E-state index < -0.39 is 5.97 Å². The fraction of sp³-hybridized carbons (Fsp3) is 0.545. The number of carbonyl (C=O) groups excluding carboxylic acids is 2. The highest BCUT2D eigenvalue weighted by atomic mass is 16.5. The molecule has 2 atom stereocenters. The summed E-state index contributed by atoms with van der Waals surface area (Å²) >= 11 is 0. The molecule has 3 heterocycles. The lowest BCUT2D eigenvalue weighted by Gasteiger charge is -2.34. The summed E-state index contributed by atoms with van der Waals surface area (Å²) in [6, 6.07) is 7.58. The maximum Gasteiger partial charge on any atom is 0.374 e. The maximum absolute atomic E-state index is 13.0. The minimum Gasteiger partial charge on any atom is -0.460 e. The van der Waals surface area contributed by atoms with Gasteiger partial charge in [-0.25, -0.2) is 4.79 Å². The van der Waals surface area contributed by atoms with Gasteiger partial charge in [-0.1, -0.05) is 12.5 Å². The van der Waals surface area contributed by atoms with Crippen LogP contribution in [0.2, 0.25) is 0 Å². The van der Waals surface area contributed by atoms with Crippen LogP contribution in [0.25, 0.3) is 11.0 Å².